The van der Waals surface area contributed by atoms with Crippen LogP contribution in [0.2, 0.25) is 0 Å². The lowest BCUT2D eigenvalue weighted by molar-refractivity contribution is -0.128. The number of furan rings is 1. The second-order valence-corrected chi connectivity index (χ2v) is 12.3. The molecule has 2 aromatic carbocycles. The van der Waals surface area contributed by atoms with Crippen LogP contribution in [-0.2, 0) is 22.7 Å². The van der Waals surface area contributed by atoms with Crippen molar-refractivity contribution in [3.05, 3.63) is 89.1 Å². The third-order valence-corrected chi connectivity index (χ3v) is 9.54. The predicted octanol–water partition coefficient (Wildman–Crippen LogP) is 4.55. The summed E-state index contributed by atoms with van der Waals surface area (Å²) in [6.45, 7) is 3.86. The zero-order valence-corrected chi connectivity index (χ0v) is 25.0. The highest BCUT2D eigenvalue weighted by atomic mass is 32.2. The molecule has 1 saturated heterocycles. The van der Waals surface area contributed by atoms with E-state index >= 15 is 0 Å². The number of hydrogen-bond donors (Lipinski definition) is 1. The number of para-hydroxylation sites is 2. The Bertz CT molecular complexity index is 1590. The van der Waals surface area contributed by atoms with E-state index in [-0.39, 0.29) is 35.0 Å². The second-order valence-electron chi connectivity index (χ2n) is 11.3. The molecule has 2 aromatic heterocycles. The number of thioether (sulfide) groups is 1. The van der Waals surface area contributed by atoms with Crippen LogP contribution in [0.5, 0.6) is 0 Å². The molecule has 0 bridgehead atoms. The van der Waals surface area contributed by atoms with Gasteiger partial charge in [-0.3, -0.25) is 19.0 Å². The van der Waals surface area contributed by atoms with Crippen LogP contribution in [-0.4, -0.2) is 58.2 Å². The van der Waals surface area contributed by atoms with E-state index in [2.05, 4.69) is 22.3 Å². The number of hydrogen-bond acceptors (Lipinski definition) is 7. The zero-order chi connectivity index (χ0) is 29.6. The molecule has 1 saturated carbocycles. The van der Waals surface area contributed by atoms with E-state index in [1.807, 2.05) is 59.5 Å². The number of rotatable bonds is 9. The van der Waals surface area contributed by atoms with Crippen molar-refractivity contribution in [1.29, 1.82) is 0 Å². The van der Waals surface area contributed by atoms with Crippen LogP contribution in [0.25, 0.3) is 10.9 Å². The number of nitrogens with zero attached hydrogens (tertiary/aromatic N) is 4. The van der Waals surface area contributed by atoms with Crippen LogP contribution in [0, 0.1) is 11.8 Å². The van der Waals surface area contributed by atoms with Gasteiger partial charge in [-0.15, -0.1) is 0 Å². The summed E-state index contributed by atoms with van der Waals surface area (Å²) < 4.78 is 7.08. The van der Waals surface area contributed by atoms with Crippen molar-refractivity contribution in [1.82, 2.24) is 19.8 Å². The third-order valence-electron chi connectivity index (χ3n) is 8.58. The lowest BCUT2D eigenvalue weighted by Gasteiger charge is -2.36. The summed E-state index contributed by atoms with van der Waals surface area (Å²) >= 11 is 1.35. The van der Waals surface area contributed by atoms with Gasteiger partial charge in [-0.1, -0.05) is 42.1 Å². The molecule has 2 fully saturated rings. The molecular weight excluding hydrogens is 562 g/mol. The number of aromatic nitrogens is 2. The Morgan fingerprint density at radius 2 is 1.65 bits per heavy atom. The van der Waals surface area contributed by atoms with Crippen molar-refractivity contribution in [3.63, 3.8) is 0 Å². The molecular formula is C33H37N5O4S. The minimum absolute atomic E-state index is 0.0357. The maximum Gasteiger partial charge on any atom is 0.262 e. The van der Waals surface area contributed by atoms with Crippen LogP contribution in [0.4, 0.5) is 5.69 Å². The van der Waals surface area contributed by atoms with Crippen LogP contribution in [0.3, 0.4) is 0 Å². The normalized spacial score (nSPS) is 19.0. The van der Waals surface area contributed by atoms with E-state index in [0.717, 1.165) is 44.5 Å². The lowest BCUT2D eigenvalue weighted by atomic mass is 9.81. The van der Waals surface area contributed by atoms with Crippen molar-refractivity contribution in [2.45, 2.75) is 43.9 Å². The second kappa shape index (κ2) is 13.5. The SMILES string of the molecule is O=C(NCc1ccco1)C1CCC(Cn2c(SCC(=O)N3CCN(c4ccccc4)CC3)nc3ccccc3c2=O)CC1. The Balaban J connectivity index is 1.08. The van der Waals surface area contributed by atoms with Gasteiger partial charge in [-0.25, -0.2) is 4.98 Å². The quantitative estimate of drug-likeness (QED) is 0.223. The predicted molar refractivity (Wildman–Crippen MR) is 168 cm³/mol. The van der Waals surface area contributed by atoms with E-state index in [9.17, 15) is 14.4 Å². The first kappa shape index (κ1) is 29.0. The number of carbonyl (C=O) groups is 2. The van der Waals surface area contributed by atoms with Gasteiger partial charge in [0.15, 0.2) is 5.16 Å². The highest BCUT2D eigenvalue weighted by Gasteiger charge is 2.28. The monoisotopic (exact) mass is 599 g/mol. The van der Waals surface area contributed by atoms with E-state index < -0.39 is 0 Å². The molecule has 3 heterocycles. The highest BCUT2D eigenvalue weighted by Crippen LogP contribution is 2.31. The van der Waals surface area contributed by atoms with Gasteiger partial charge in [0, 0.05) is 44.3 Å². The molecule has 0 spiro atoms. The van der Waals surface area contributed by atoms with Crippen LogP contribution < -0.4 is 15.8 Å². The molecule has 6 rings (SSSR count). The molecule has 1 aliphatic carbocycles. The Morgan fingerprint density at radius 1 is 0.907 bits per heavy atom. The van der Waals surface area contributed by atoms with Gasteiger partial charge < -0.3 is 19.5 Å². The first-order valence-electron chi connectivity index (χ1n) is 15.1. The Morgan fingerprint density at radius 3 is 2.40 bits per heavy atom. The lowest BCUT2D eigenvalue weighted by Crippen LogP contribution is -2.49. The van der Waals surface area contributed by atoms with Gasteiger partial charge >= 0.3 is 0 Å². The number of fused-ring (bicyclic) bond motifs is 1. The molecule has 2 amide bonds. The summed E-state index contributed by atoms with van der Waals surface area (Å²) in [5, 5.41) is 4.15. The van der Waals surface area contributed by atoms with E-state index in [0.29, 0.717) is 42.2 Å². The van der Waals surface area contributed by atoms with Gasteiger partial charge in [0.1, 0.15) is 5.76 Å². The maximum atomic E-state index is 13.6. The fraction of sp³-hybridized carbons (Fsp3) is 0.394. The van der Waals surface area contributed by atoms with E-state index in [1.54, 1.807) is 10.8 Å². The highest BCUT2D eigenvalue weighted by molar-refractivity contribution is 7.99. The number of benzene rings is 2. The van der Waals surface area contributed by atoms with E-state index in [1.165, 1.54) is 17.4 Å². The molecule has 1 N–H and O–H groups in total. The molecule has 0 radical (unpaired) electrons. The van der Waals surface area contributed by atoms with Crippen molar-refractivity contribution in [3.8, 4) is 0 Å². The third kappa shape index (κ3) is 6.96. The van der Waals surface area contributed by atoms with Crippen molar-refractivity contribution >= 4 is 40.2 Å². The average Bonchev–Trinajstić information content (AvgIpc) is 3.59. The molecule has 43 heavy (non-hydrogen) atoms. The minimum Gasteiger partial charge on any atom is -0.467 e. The smallest absolute Gasteiger partial charge is 0.262 e. The summed E-state index contributed by atoms with van der Waals surface area (Å²) in [5.41, 5.74) is 1.75. The number of anilines is 1. The Labute approximate surface area is 255 Å². The van der Waals surface area contributed by atoms with Crippen molar-refractivity contribution in [2.75, 3.05) is 36.8 Å². The first-order chi connectivity index (χ1) is 21.0. The van der Waals surface area contributed by atoms with Crippen molar-refractivity contribution < 1.29 is 14.0 Å². The van der Waals surface area contributed by atoms with Gasteiger partial charge in [0.25, 0.3) is 5.56 Å². The fourth-order valence-electron chi connectivity index (χ4n) is 6.09. The summed E-state index contributed by atoms with van der Waals surface area (Å²) in [5.74, 6) is 1.32. The molecule has 10 heteroatoms. The summed E-state index contributed by atoms with van der Waals surface area (Å²) in [6.07, 6.45) is 4.87. The van der Waals surface area contributed by atoms with Gasteiger partial charge in [0.05, 0.1) is 29.5 Å². The van der Waals surface area contributed by atoms with Gasteiger partial charge in [-0.2, -0.15) is 0 Å². The van der Waals surface area contributed by atoms with Gasteiger partial charge in [0.2, 0.25) is 11.8 Å². The summed E-state index contributed by atoms with van der Waals surface area (Å²) in [7, 11) is 0. The number of nitrogens with one attached hydrogen (secondary N) is 1. The van der Waals surface area contributed by atoms with Crippen LogP contribution >= 0.6 is 11.8 Å². The Kier molecular flexibility index (Phi) is 9.12. The van der Waals surface area contributed by atoms with Crippen LogP contribution in [0.15, 0.2) is 87.4 Å². The molecule has 4 aromatic rings. The molecule has 9 nitrogen and oxygen atoms in total. The molecule has 0 unspecified atom stereocenters. The van der Waals surface area contributed by atoms with Crippen LogP contribution in [0.1, 0.15) is 31.4 Å². The molecule has 0 atom stereocenters. The topological polar surface area (TPSA) is 101 Å². The number of amides is 2. The average molecular weight is 600 g/mol. The molecule has 1 aliphatic heterocycles. The summed E-state index contributed by atoms with van der Waals surface area (Å²) in [4.78, 5) is 48.6. The minimum atomic E-state index is -0.0738. The van der Waals surface area contributed by atoms with Gasteiger partial charge in [-0.05, 0) is 68.0 Å². The zero-order valence-electron chi connectivity index (χ0n) is 24.2. The fourth-order valence-corrected chi connectivity index (χ4v) is 7.00. The molecule has 2 aliphatic rings. The Hall–Kier alpha value is -4.05. The maximum absolute atomic E-state index is 13.6. The number of piperazine rings is 1. The largest absolute Gasteiger partial charge is 0.467 e. The first-order valence-corrected chi connectivity index (χ1v) is 16.0. The summed E-state index contributed by atoms with van der Waals surface area (Å²) in [6, 6.07) is 21.3. The molecule has 224 valence electrons. The standard InChI is InChI=1S/C33H37N5O4S/c39-30(37-18-16-36(17-19-37)26-7-2-1-3-8-26)23-43-33-35-29-11-5-4-10-28(29)32(41)38(33)22-24-12-14-25(15-13-24)31(40)34-21-27-9-6-20-42-27/h1-11,20,24-25H,12-19,21-23H2,(H,34,40). The van der Waals surface area contributed by atoms with Crippen molar-refractivity contribution in [2.24, 2.45) is 11.8 Å². The number of carbonyl (C=O) groups excluding carboxylic acids is 2. The van der Waals surface area contributed by atoms with E-state index in [4.69, 9.17) is 9.40 Å².